The van der Waals surface area contributed by atoms with Gasteiger partial charge in [-0.2, -0.15) is 5.10 Å². The molecule has 1 amide bonds. The van der Waals surface area contributed by atoms with E-state index in [9.17, 15) is 4.79 Å². The number of rotatable bonds is 3. The fourth-order valence-corrected chi connectivity index (χ4v) is 2.39. The Morgan fingerprint density at radius 3 is 2.23 bits per heavy atom. The number of nitrogens with two attached hydrogens (primary N) is 1. The van der Waals surface area contributed by atoms with Crippen LogP contribution in [-0.2, 0) is 0 Å². The molecule has 1 aromatic heterocycles. The average Bonchev–Trinajstić information content (AvgIpc) is 2.90. The molecule has 0 spiro atoms. The largest absolute Gasteiger partial charge is 0.366 e. The molecule has 3 aromatic rings. The summed E-state index contributed by atoms with van der Waals surface area (Å²) in [5, 5.41) is 4.55. The molecule has 22 heavy (non-hydrogen) atoms. The van der Waals surface area contributed by atoms with Crippen LogP contribution in [0.25, 0.3) is 16.9 Å². The van der Waals surface area contributed by atoms with Crippen molar-refractivity contribution < 1.29 is 4.79 Å². The number of benzene rings is 2. The third-order valence-corrected chi connectivity index (χ3v) is 3.58. The number of hydrogen-bond acceptors (Lipinski definition) is 2. The first-order valence-corrected chi connectivity index (χ1v) is 7.08. The van der Waals surface area contributed by atoms with Gasteiger partial charge >= 0.3 is 0 Å². The lowest BCUT2D eigenvalue weighted by molar-refractivity contribution is 0.100. The van der Waals surface area contributed by atoms with Crippen LogP contribution in [0.5, 0.6) is 0 Å². The maximum Gasteiger partial charge on any atom is 0.248 e. The summed E-state index contributed by atoms with van der Waals surface area (Å²) < 4.78 is 1.88. The van der Waals surface area contributed by atoms with Crippen molar-refractivity contribution in [1.29, 1.82) is 0 Å². The summed E-state index contributed by atoms with van der Waals surface area (Å²) in [5.41, 5.74) is 10.9. The van der Waals surface area contributed by atoms with Crippen LogP contribution in [0, 0.1) is 13.8 Å². The fraction of sp³-hybridized carbons (Fsp3) is 0.111. The normalized spacial score (nSPS) is 10.6. The number of hydrogen-bond donors (Lipinski definition) is 1. The molecule has 110 valence electrons. The Hall–Kier alpha value is -2.88. The van der Waals surface area contributed by atoms with Gasteiger partial charge in [-0.05, 0) is 44.2 Å². The highest BCUT2D eigenvalue weighted by atomic mass is 16.1. The number of nitrogens with zero attached hydrogens (tertiary/aromatic N) is 2. The van der Waals surface area contributed by atoms with Gasteiger partial charge in [0.1, 0.15) is 0 Å². The van der Waals surface area contributed by atoms with Gasteiger partial charge in [0, 0.05) is 11.1 Å². The predicted octanol–water partition coefficient (Wildman–Crippen LogP) is 3.26. The molecule has 2 N–H and O–H groups in total. The third kappa shape index (κ3) is 2.63. The van der Waals surface area contributed by atoms with Crippen molar-refractivity contribution in [1.82, 2.24) is 9.78 Å². The first-order valence-electron chi connectivity index (χ1n) is 7.08. The standard InChI is InChI=1S/C18H17N3O/c1-12-3-5-14(6-4-12)17-11-13(2)20-21(17)16-9-7-15(8-10-16)18(19)22/h3-11H,1-2H3,(H2,19,22). The van der Waals surface area contributed by atoms with Crippen molar-refractivity contribution in [3.8, 4) is 16.9 Å². The number of aryl methyl sites for hydroxylation is 2. The van der Waals surface area contributed by atoms with Gasteiger partial charge < -0.3 is 5.73 Å². The molecular formula is C18H17N3O. The summed E-state index contributed by atoms with van der Waals surface area (Å²) in [5.74, 6) is -0.429. The van der Waals surface area contributed by atoms with Crippen LogP contribution >= 0.6 is 0 Å². The van der Waals surface area contributed by atoms with E-state index >= 15 is 0 Å². The van der Waals surface area contributed by atoms with Gasteiger partial charge in [-0.3, -0.25) is 4.79 Å². The summed E-state index contributed by atoms with van der Waals surface area (Å²) in [4.78, 5) is 11.2. The van der Waals surface area contributed by atoms with Crippen LogP contribution < -0.4 is 5.73 Å². The lowest BCUT2D eigenvalue weighted by Gasteiger charge is -2.08. The number of aromatic nitrogens is 2. The van der Waals surface area contributed by atoms with Crippen molar-refractivity contribution in [3.63, 3.8) is 0 Å². The highest BCUT2D eigenvalue weighted by Gasteiger charge is 2.10. The lowest BCUT2D eigenvalue weighted by atomic mass is 10.1. The molecule has 4 nitrogen and oxygen atoms in total. The second kappa shape index (κ2) is 5.48. The maximum atomic E-state index is 11.2. The molecule has 0 aliphatic heterocycles. The molecule has 4 heteroatoms. The molecular weight excluding hydrogens is 274 g/mol. The molecule has 0 radical (unpaired) electrons. The summed E-state index contributed by atoms with van der Waals surface area (Å²) in [6.45, 7) is 4.03. The second-order valence-corrected chi connectivity index (χ2v) is 5.36. The van der Waals surface area contributed by atoms with E-state index in [1.165, 1.54) is 5.56 Å². The molecule has 0 atom stereocenters. The highest BCUT2D eigenvalue weighted by molar-refractivity contribution is 5.92. The van der Waals surface area contributed by atoms with E-state index in [-0.39, 0.29) is 0 Å². The number of carbonyl (C=O) groups excluding carboxylic acids is 1. The zero-order valence-corrected chi connectivity index (χ0v) is 12.6. The van der Waals surface area contributed by atoms with E-state index in [0.29, 0.717) is 5.56 Å². The van der Waals surface area contributed by atoms with Gasteiger partial charge in [0.15, 0.2) is 0 Å². The summed E-state index contributed by atoms with van der Waals surface area (Å²) in [7, 11) is 0. The fourth-order valence-electron chi connectivity index (χ4n) is 2.39. The predicted molar refractivity (Wildman–Crippen MR) is 87.0 cm³/mol. The van der Waals surface area contributed by atoms with Crippen LogP contribution in [0.1, 0.15) is 21.6 Å². The zero-order chi connectivity index (χ0) is 15.7. The van der Waals surface area contributed by atoms with E-state index in [0.717, 1.165) is 22.6 Å². The molecule has 0 saturated carbocycles. The van der Waals surface area contributed by atoms with Gasteiger partial charge in [0.25, 0.3) is 0 Å². The minimum Gasteiger partial charge on any atom is -0.366 e. The van der Waals surface area contributed by atoms with Crippen molar-refractivity contribution in [2.24, 2.45) is 5.73 Å². The average molecular weight is 291 g/mol. The van der Waals surface area contributed by atoms with Gasteiger partial charge in [0.2, 0.25) is 5.91 Å². The summed E-state index contributed by atoms with van der Waals surface area (Å²) in [6.07, 6.45) is 0. The van der Waals surface area contributed by atoms with E-state index in [1.807, 2.05) is 29.8 Å². The Morgan fingerprint density at radius 2 is 1.64 bits per heavy atom. The first kappa shape index (κ1) is 14.1. The molecule has 0 bridgehead atoms. The zero-order valence-electron chi connectivity index (χ0n) is 12.6. The minimum atomic E-state index is -0.429. The van der Waals surface area contributed by atoms with Crippen LogP contribution in [0.15, 0.2) is 54.6 Å². The molecule has 1 heterocycles. The van der Waals surface area contributed by atoms with Crippen LogP contribution in [-0.4, -0.2) is 15.7 Å². The molecule has 0 saturated heterocycles. The number of primary amides is 1. The van der Waals surface area contributed by atoms with E-state index in [2.05, 4.69) is 36.3 Å². The summed E-state index contributed by atoms with van der Waals surface area (Å²) >= 11 is 0. The molecule has 0 unspecified atom stereocenters. The maximum absolute atomic E-state index is 11.2. The number of carbonyl (C=O) groups is 1. The minimum absolute atomic E-state index is 0.429. The lowest BCUT2D eigenvalue weighted by Crippen LogP contribution is -2.10. The van der Waals surface area contributed by atoms with E-state index in [1.54, 1.807) is 12.1 Å². The first-order chi connectivity index (χ1) is 10.5. The Kier molecular flexibility index (Phi) is 3.51. The molecule has 0 fully saturated rings. The van der Waals surface area contributed by atoms with Crippen molar-refractivity contribution in [3.05, 3.63) is 71.4 Å². The smallest absolute Gasteiger partial charge is 0.248 e. The molecule has 0 aliphatic carbocycles. The van der Waals surface area contributed by atoms with Crippen LogP contribution in [0.3, 0.4) is 0 Å². The highest BCUT2D eigenvalue weighted by Crippen LogP contribution is 2.24. The van der Waals surface area contributed by atoms with E-state index in [4.69, 9.17) is 5.73 Å². The van der Waals surface area contributed by atoms with Crippen molar-refractivity contribution in [2.45, 2.75) is 13.8 Å². The Labute approximate surface area is 129 Å². The molecule has 2 aromatic carbocycles. The van der Waals surface area contributed by atoms with Crippen molar-refractivity contribution >= 4 is 5.91 Å². The second-order valence-electron chi connectivity index (χ2n) is 5.36. The van der Waals surface area contributed by atoms with Gasteiger partial charge in [-0.1, -0.05) is 29.8 Å². The van der Waals surface area contributed by atoms with Crippen LogP contribution in [0.4, 0.5) is 0 Å². The molecule has 0 aliphatic rings. The topological polar surface area (TPSA) is 60.9 Å². The molecule has 3 rings (SSSR count). The Morgan fingerprint density at radius 1 is 1.00 bits per heavy atom. The monoisotopic (exact) mass is 291 g/mol. The van der Waals surface area contributed by atoms with E-state index < -0.39 is 5.91 Å². The SMILES string of the molecule is Cc1ccc(-c2cc(C)nn2-c2ccc(C(N)=O)cc2)cc1. The third-order valence-electron chi connectivity index (χ3n) is 3.58. The van der Waals surface area contributed by atoms with Gasteiger partial charge in [0.05, 0.1) is 17.1 Å². The quantitative estimate of drug-likeness (QED) is 0.805. The summed E-state index contributed by atoms with van der Waals surface area (Å²) in [6, 6.07) is 17.5. The number of amides is 1. The van der Waals surface area contributed by atoms with Crippen molar-refractivity contribution in [2.75, 3.05) is 0 Å². The van der Waals surface area contributed by atoms with Gasteiger partial charge in [-0.15, -0.1) is 0 Å². The van der Waals surface area contributed by atoms with Crippen LogP contribution in [0.2, 0.25) is 0 Å². The Bertz CT molecular complexity index is 815. The van der Waals surface area contributed by atoms with Gasteiger partial charge in [-0.25, -0.2) is 4.68 Å². The Balaban J connectivity index is 2.07.